The molecule has 4 rings (SSSR count). The average molecular weight is 289 g/mol. The van der Waals surface area contributed by atoms with Gasteiger partial charge < -0.3 is 10.1 Å². The van der Waals surface area contributed by atoms with Crippen LogP contribution in [-0.4, -0.2) is 24.6 Å². The van der Waals surface area contributed by atoms with E-state index in [9.17, 15) is 4.79 Å². The Morgan fingerprint density at radius 3 is 3.00 bits per heavy atom. The van der Waals surface area contributed by atoms with Gasteiger partial charge in [-0.2, -0.15) is 0 Å². The van der Waals surface area contributed by atoms with Crippen molar-refractivity contribution in [1.82, 2.24) is 5.32 Å². The number of fused-ring (bicyclic) bond motifs is 2. The van der Waals surface area contributed by atoms with Crippen LogP contribution in [0.3, 0.4) is 0 Å². The van der Waals surface area contributed by atoms with Crippen molar-refractivity contribution in [2.45, 2.75) is 38.1 Å². The van der Waals surface area contributed by atoms with E-state index in [4.69, 9.17) is 16.6 Å². The molecule has 0 radical (unpaired) electrons. The van der Waals surface area contributed by atoms with E-state index in [2.05, 4.69) is 17.5 Å². The highest BCUT2D eigenvalue weighted by molar-refractivity contribution is 6.30. The summed E-state index contributed by atoms with van der Waals surface area (Å²) >= 11 is 6.17. The number of carbonyl (C=O) groups is 1. The summed E-state index contributed by atoms with van der Waals surface area (Å²) in [5.74, 6) is 0. The van der Waals surface area contributed by atoms with Crippen LogP contribution in [0.15, 0.2) is 39.0 Å². The molecule has 2 aliphatic heterocycles. The minimum absolute atomic E-state index is 0.0867. The lowest BCUT2D eigenvalue weighted by atomic mass is 9.62. The van der Waals surface area contributed by atoms with Crippen LogP contribution in [0.2, 0.25) is 0 Å². The average Bonchev–Trinajstić information content (AvgIpc) is 2.77. The molecule has 0 spiro atoms. The quantitative estimate of drug-likeness (QED) is 0.794. The van der Waals surface area contributed by atoms with E-state index in [0.29, 0.717) is 0 Å². The molecular formula is C16H17ClN2O. The van der Waals surface area contributed by atoms with E-state index < -0.39 is 0 Å². The summed E-state index contributed by atoms with van der Waals surface area (Å²) in [5.41, 5.74) is 4.39. The van der Waals surface area contributed by atoms with E-state index in [1.807, 2.05) is 0 Å². The number of hydrogen-bond donors (Lipinski definition) is 1. The SMILES string of the molecule is O=CC1(C2NCCC3=C4C=C(Cl)CC=C4N=C32)CCC1. The van der Waals surface area contributed by atoms with Gasteiger partial charge in [0.1, 0.15) is 6.29 Å². The summed E-state index contributed by atoms with van der Waals surface area (Å²) in [6, 6.07) is 0.0867. The molecule has 0 amide bonds. The van der Waals surface area contributed by atoms with Gasteiger partial charge in [0.15, 0.2) is 0 Å². The van der Waals surface area contributed by atoms with E-state index in [-0.39, 0.29) is 11.5 Å². The van der Waals surface area contributed by atoms with Gasteiger partial charge in [0.25, 0.3) is 0 Å². The molecule has 1 atom stereocenters. The molecule has 1 N–H and O–H groups in total. The second-order valence-electron chi connectivity index (χ2n) is 6.12. The Labute approximate surface area is 123 Å². The van der Waals surface area contributed by atoms with Crippen LogP contribution < -0.4 is 5.32 Å². The molecule has 2 aliphatic carbocycles. The van der Waals surface area contributed by atoms with Gasteiger partial charge >= 0.3 is 0 Å². The Morgan fingerprint density at radius 1 is 1.45 bits per heavy atom. The Kier molecular flexibility index (Phi) is 2.76. The third kappa shape index (κ3) is 1.63. The maximum absolute atomic E-state index is 11.6. The first-order chi connectivity index (χ1) is 9.73. The number of allylic oxidation sites excluding steroid dienone is 3. The van der Waals surface area contributed by atoms with Crippen molar-refractivity contribution in [3.63, 3.8) is 0 Å². The standard InChI is InChI=1S/C16H17ClN2O/c17-10-2-3-13-12(8-10)11-4-7-18-15(14(11)19-13)16(9-20)5-1-6-16/h3,8-9,15,18H,1-2,4-7H2. The highest BCUT2D eigenvalue weighted by Gasteiger charge is 2.49. The molecule has 20 heavy (non-hydrogen) atoms. The summed E-state index contributed by atoms with van der Waals surface area (Å²) < 4.78 is 0. The largest absolute Gasteiger partial charge is 0.307 e. The van der Waals surface area contributed by atoms with Crippen molar-refractivity contribution in [2.75, 3.05) is 6.54 Å². The number of hydrogen-bond acceptors (Lipinski definition) is 3. The fourth-order valence-electron chi connectivity index (χ4n) is 3.75. The number of carbonyl (C=O) groups excluding carboxylic acids is 1. The fraction of sp³-hybridized carbons (Fsp3) is 0.500. The van der Waals surface area contributed by atoms with Crippen molar-refractivity contribution in [3.05, 3.63) is 34.0 Å². The first-order valence-electron chi connectivity index (χ1n) is 7.32. The molecule has 4 aliphatic rings. The second kappa shape index (κ2) is 4.40. The third-order valence-corrected chi connectivity index (χ3v) is 5.30. The van der Waals surface area contributed by atoms with Gasteiger partial charge in [-0.05, 0) is 37.5 Å². The first-order valence-corrected chi connectivity index (χ1v) is 7.70. The maximum atomic E-state index is 11.6. The highest BCUT2D eigenvalue weighted by atomic mass is 35.5. The van der Waals surface area contributed by atoms with Crippen LogP contribution in [0.5, 0.6) is 0 Å². The van der Waals surface area contributed by atoms with Crippen LogP contribution in [-0.2, 0) is 4.79 Å². The van der Waals surface area contributed by atoms with Gasteiger partial charge in [-0.1, -0.05) is 24.1 Å². The highest BCUT2D eigenvalue weighted by Crippen LogP contribution is 2.47. The molecule has 1 saturated carbocycles. The normalized spacial score (nSPS) is 30.6. The molecule has 0 aromatic carbocycles. The van der Waals surface area contributed by atoms with Crippen molar-refractivity contribution in [2.24, 2.45) is 10.4 Å². The molecule has 3 nitrogen and oxygen atoms in total. The monoisotopic (exact) mass is 288 g/mol. The lowest BCUT2D eigenvalue weighted by Crippen LogP contribution is -2.57. The predicted molar refractivity (Wildman–Crippen MR) is 79.9 cm³/mol. The number of nitrogens with zero attached hydrogens (tertiary/aromatic N) is 1. The number of halogens is 1. The molecule has 2 heterocycles. The van der Waals surface area contributed by atoms with Crippen LogP contribution in [0.25, 0.3) is 0 Å². The number of nitrogens with one attached hydrogen (secondary N) is 1. The number of aldehydes is 1. The van der Waals surface area contributed by atoms with Gasteiger partial charge in [0.05, 0.1) is 17.5 Å². The van der Waals surface area contributed by atoms with Gasteiger partial charge in [0, 0.05) is 22.4 Å². The predicted octanol–water partition coefficient (Wildman–Crippen LogP) is 2.88. The maximum Gasteiger partial charge on any atom is 0.128 e. The van der Waals surface area contributed by atoms with E-state index >= 15 is 0 Å². The molecule has 1 saturated heterocycles. The number of rotatable bonds is 2. The lowest BCUT2D eigenvalue weighted by Gasteiger charge is -2.45. The lowest BCUT2D eigenvalue weighted by molar-refractivity contribution is -0.121. The van der Waals surface area contributed by atoms with Crippen molar-refractivity contribution < 1.29 is 4.79 Å². The molecule has 0 aromatic rings. The van der Waals surface area contributed by atoms with Crippen LogP contribution in [0, 0.1) is 5.41 Å². The molecular weight excluding hydrogens is 272 g/mol. The van der Waals surface area contributed by atoms with Crippen LogP contribution >= 0.6 is 11.6 Å². The Morgan fingerprint density at radius 2 is 2.30 bits per heavy atom. The summed E-state index contributed by atoms with van der Waals surface area (Å²) in [7, 11) is 0. The number of piperidine rings is 1. The molecule has 1 unspecified atom stereocenters. The molecule has 0 bridgehead atoms. The van der Waals surface area contributed by atoms with Crippen molar-refractivity contribution in [3.8, 4) is 0 Å². The smallest absolute Gasteiger partial charge is 0.128 e. The number of aliphatic imine (C=N–C) groups is 1. The zero-order chi connectivity index (χ0) is 13.7. The summed E-state index contributed by atoms with van der Waals surface area (Å²) in [6.07, 6.45) is 10.1. The van der Waals surface area contributed by atoms with E-state index in [1.54, 1.807) is 0 Å². The third-order valence-electron chi connectivity index (χ3n) is 5.03. The molecule has 0 aromatic heterocycles. The van der Waals surface area contributed by atoms with Gasteiger partial charge in [0.2, 0.25) is 0 Å². The fourth-order valence-corrected chi connectivity index (χ4v) is 3.94. The van der Waals surface area contributed by atoms with E-state index in [1.165, 1.54) is 11.1 Å². The minimum Gasteiger partial charge on any atom is -0.307 e. The Hall–Kier alpha value is -1.19. The summed E-state index contributed by atoms with van der Waals surface area (Å²) in [4.78, 5) is 16.4. The topological polar surface area (TPSA) is 41.5 Å². The van der Waals surface area contributed by atoms with Gasteiger partial charge in [-0.15, -0.1) is 0 Å². The van der Waals surface area contributed by atoms with Crippen molar-refractivity contribution in [1.29, 1.82) is 0 Å². The summed E-state index contributed by atoms with van der Waals surface area (Å²) in [5, 5.41) is 4.40. The van der Waals surface area contributed by atoms with Crippen LogP contribution in [0.1, 0.15) is 32.1 Å². The Balaban J connectivity index is 1.78. The Bertz CT molecular complexity index is 608. The van der Waals surface area contributed by atoms with Crippen LogP contribution in [0.4, 0.5) is 0 Å². The zero-order valence-electron chi connectivity index (χ0n) is 11.3. The second-order valence-corrected chi connectivity index (χ2v) is 6.60. The molecule has 4 heteroatoms. The van der Waals surface area contributed by atoms with Gasteiger partial charge in [-0.3, -0.25) is 4.99 Å². The molecule has 104 valence electrons. The summed E-state index contributed by atoms with van der Waals surface area (Å²) in [6.45, 7) is 0.914. The zero-order valence-corrected chi connectivity index (χ0v) is 12.0. The molecule has 2 fully saturated rings. The van der Waals surface area contributed by atoms with Crippen molar-refractivity contribution >= 4 is 23.6 Å². The van der Waals surface area contributed by atoms with E-state index in [0.717, 1.165) is 61.4 Å². The minimum atomic E-state index is -0.230. The van der Waals surface area contributed by atoms with Gasteiger partial charge in [-0.25, -0.2) is 0 Å². The first kappa shape index (κ1) is 12.5.